The zero-order valence-electron chi connectivity index (χ0n) is 13.5. The van der Waals surface area contributed by atoms with Crippen LogP contribution < -0.4 is 5.32 Å². The second kappa shape index (κ2) is 13.0. The van der Waals surface area contributed by atoms with Crippen molar-refractivity contribution >= 4 is 0 Å². The lowest BCUT2D eigenvalue weighted by molar-refractivity contribution is 0.233. The molecule has 1 fully saturated rings. The molecule has 1 heterocycles. The Kier molecular flexibility index (Phi) is 10.9. The summed E-state index contributed by atoms with van der Waals surface area (Å²) in [5, 5.41) is 10.9. The number of hydrogen-bond donors (Lipinski definition) is 2. The topological polar surface area (TPSA) is 35.5 Å². The van der Waals surface area contributed by atoms with Crippen molar-refractivity contribution in [2.75, 3.05) is 32.8 Å². The SMILES string of the molecule is CCO.c1ccc(CN2CCNCC2)cc1.c1ccccc1. The van der Waals surface area contributed by atoms with E-state index in [1.807, 2.05) is 36.4 Å². The average molecular weight is 300 g/mol. The first-order chi connectivity index (χ1) is 10.9. The van der Waals surface area contributed by atoms with Gasteiger partial charge in [0.2, 0.25) is 0 Å². The Hall–Kier alpha value is -1.68. The fourth-order valence-corrected chi connectivity index (χ4v) is 2.10. The standard InChI is InChI=1S/C11H16N2.C6H6.C2H6O/c1-2-4-11(5-3-1)10-13-8-6-12-7-9-13;1-2-4-6-5-3-1;1-2-3/h1-5,12H,6-10H2;1-6H;3H,2H2,1H3. The van der Waals surface area contributed by atoms with Crippen LogP contribution in [0.2, 0.25) is 0 Å². The number of piperazine rings is 1. The van der Waals surface area contributed by atoms with Gasteiger partial charge in [0.15, 0.2) is 0 Å². The van der Waals surface area contributed by atoms with Gasteiger partial charge in [-0.25, -0.2) is 0 Å². The van der Waals surface area contributed by atoms with E-state index in [4.69, 9.17) is 5.11 Å². The molecule has 120 valence electrons. The summed E-state index contributed by atoms with van der Waals surface area (Å²) < 4.78 is 0. The van der Waals surface area contributed by atoms with Gasteiger partial charge in [-0.05, 0) is 12.5 Å². The van der Waals surface area contributed by atoms with Gasteiger partial charge in [0.25, 0.3) is 0 Å². The van der Waals surface area contributed by atoms with E-state index in [0.717, 1.165) is 19.6 Å². The molecule has 0 spiro atoms. The van der Waals surface area contributed by atoms with E-state index in [-0.39, 0.29) is 6.61 Å². The Balaban J connectivity index is 0.000000224. The van der Waals surface area contributed by atoms with Crippen molar-refractivity contribution < 1.29 is 5.11 Å². The van der Waals surface area contributed by atoms with Crippen LogP contribution in [-0.4, -0.2) is 42.8 Å². The van der Waals surface area contributed by atoms with Gasteiger partial charge in [-0.1, -0.05) is 66.7 Å². The number of aliphatic hydroxyl groups is 1. The summed E-state index contributed by atoms with van der Waals surface area (Å²) in [6.45, 7) is 7.64. The van der Waals surface area contributed by atoms with Crippen molar-refractivity contribution in [2.45, 2.75) is 13.5 Å². The molecule has 1 aliphatic heterocycles. The minimum atomic E-state index is 0.250. The predicted octanol–water partition coefficient (Wildman–Crippen LogP) is 2.78. The molecule has 0 bridgehead atoms. The van der Waals surface area contributed by atoms with E-state index >= 15 is 0 Å². The number of rotatable bonds is 2. The third-order valence-corrected chi connectivity index (χ3v) is 3.13. The first-order valence-electron chi connectivity index (χ1n) is 7.94. The molecule has 0 amide bonds. The van der Waals surface area contributed by atoms with Crippen LogP contribution in [0.3, 0.4) is 0 Å². The smallest absolute Gasteiger partial charge is 0.0402 e. The molecule has 3 rings (SSSR count). The lowest BCUT2D eigenvalue weighted by atomic mass is 10.2. The molecule has 0 saturated carbocycles. The Morgan fingerprint density at radius 3 is 1.73 bits per heavy atom. The van der Waals surface area contributed by atoms with Crippen LogP contribution >= 0.6 is 0 Å². The summed E-state index contributed by atoms with van der Waals surface area (Å²) >= 11 is 0. The second-order valence-electron chi connectivity index (χ2n) is 4.98. The molecular formula is C19H28N2O. The molecule has 0 aromatic heterocycles. The number of aliphatic hydroxyl groups excluding tert-OH is 1. The van der Waals surface area contributed by atoms with E-state index in [1.54, 1.807) is 6.92 Å². The molecule has 22 heavy (non-hydrogen) atoms. The van der Waals surface area contributed by atoms with E-state index in [2.05, 4.69) is 40.5 Å². The highest BCUT2D eigenvalue weighted by atomic mass is 16.2. The van der Waals surface area contributed by atoms with Crippen molar-refractivity contribution in [3.05, 3.63) is 72.3 Å². The molecule has 0 aliphatic carbocycles. The second-order valence-corrected chi connectivity index (χ2v) is 4.98. The third-order valence-electron chi connectivity index (χ3n) is 3.13. The molecular weight excluding hydrogens is 272 g/mol. The zero-order valence-corrected chi connectivity index (χ0v) is 13.5. The van der Waals surface area contributed by atoms with Gasteiger partial charge < -0.3 is 10.4 Å². The van der Waals surface area contributed by atoms with Gasteiger partial charge in [-0.2, -0.15) is 0 Å². The average Bonchev–Trinajstić information content (AvgIpc) is 2.60. The van der Waals surface area contributed by atoms with Gasteiger partial charge in [-0.15, -0.1) is 0 Å². The molecule has 3 nitrogen and oxygen atoms in total. The Morgan fingerprint density at radius 1 is 0.864 bits per heavy atom. The molecule has 0 atom stereocenters. The summed E-state index contributed by atoms with van der Waals surface area (Å²) in [7, 11) is 0. The Labute approximate surface area is 134 Å². The lowest BCUT2D eigenvalue weighted by Crippen LogP contribution is -2.42. The van der Waals surface area contributed by atoms with Crippen molar-refractivity contribution in [1.82, 2.24) is 10.2 Å². The van der Waals surface area contributed by atoms with Crippen molar-refractivity contribution in [3.63, 3.8) is 0 Å². The van der Waals surface area contributed by atoms with Gasteiger partial charge in [0.1, 0.15) is 0 Å². The predicted molar refractivity (Wildman–Crippen MR) is 93.8 cm³/mol. The number of benzene rings is 2. The Bertz CT molecular complexity index is 415. The van der Waals surface area contributed by atoms with E-state index in [1.165, 1.54) is 18.7 Å². The van der Waals surface area contributed by atoms with Crippen molar-refractivity contribution in [2.24, 2.45) is 0 Å². The van der Waals surface area contributed by atoms with Gasteiger partial charge in [0.05, 0.1) is 0 Å². The van der Waals surface area contributed by atoms with E-state index < -0.39 is 0 Å². The van der Waals surface area contributed by atoms with Crippen LogP contribution in [0.1, 0.15) is 12.5 Å². The zero-order chi connectivity index (χ0) is 15.9. The van der Waals surface area contributed by atoms with Crippen LogP contribution in [-0.2, 0) is 6.54 Å². The van der Waals surface area contributed by atoms with Crippen LogP contribution in [0.25, 0.3) is 0 Å². The maximum absolute atomic E-state index is 7.57. The quantitative estimate of drug-likeness (QED) is 0.895. The van der Waals surface area contributed by atoms with Crippen molar-refractivity contribution in [1.29, 1.82) is 0 Å². The third kappa shape index (κ3) is 9.29. The lowest BCUT2D eigenvalue weighted by Gasteiger charge is -2.27. The molecule has 2 aromatic carbocycles. The molecule has 2 N–H and O–H groups in total. The van der Waals surface area contributed by atoms with Crippen LogP contribution in [0, 0.1) is 0 Å². The van der Waals surface area contributed by atoms with Crippen molar-refractivity contribution in [3.8, 4) is 0 Å². The fourth-order valence-electron chi connectivity index (χ4n) is 2.10. The molecule has 2 aromatic rings. The summed E-state index contributed by atoms with van der Waals surface area (Å²) in [6, 6.07) is 22.7. The first kappa shape index (κ1) is 18.4. The summed E-state index contributed by atoms with van der Waals surface area (Å²) in [6.07, 6.45) is 0. The van der Waals surface area contributed by atoms with Gasteiger partial charge >= 0.3 is 0 Å². The monoisotopic (exact) mass is 300 g/mol. The maximum atomic E-state index is 7.57. The number of hydrogen-bond acceptors (Lipinski definition) is 3. The highest BCUT2D eigenvalue weighted by molar-refractivity contribution is 5.14. The molecule has 0 unspecified atom stereocenters. The van der Waals surface area contributed by atoms with E-state index in [0.29, 0.717) is 0 Å². The maximum Gasteiger partial charge on any atom is 0.0402 e. The van der Waals surface area contributed by atoms with Crippen LogP contribution in [0.5, 0.6) is 0 Å². The summed E-state index contributed by atoms with van der Waals surface area (Å²) in [5.74, 6) is 0. The summed E-state index contributed by atoms with van der Waals surface area (Å²) in [4.78, 5) is 2.49. The van der Waals surface area contributed by atoms with Crippen LogP contribution in [0.15, 0.2) is 66.7 Å². The molecule has 1 aliphatic rings. The number of nitrogens with one attached hydrogen (secondary N) is 1. The minimum Gasteiger partial charge on any atom is -0.397 e. The highest BCUT2D eigenvalue weighted by Crippen LogP contribution is 2.04. The summed E-state index contributed by atoms with van der Waals surface area (Å²) in [5.41, 5.74) is 1.42. The highest BCUT2D eigenvalue weighted by Gasteiger charge is 2.08. The molecule has 3 heteroatoms. The van der Waals surface area contributed by atoms with E-state index in [9.17, 15) is 0 Å². The fraction of sp³-hybridized carbons (Fsp3) is 0.368. The Morgan fingerprint density at radius 2 is 1.27 bits per heavy atom. The molecule has 0 radical (unpaired) electrons. The first-order valence-corrected chi connectivity index (χ1v) is 7.94. The van der Waals surface area contributed by atoms with Gasteiger partial charge in [0, 0.05) is 39.3 Å². The number of nitrogens with zero attached hydrogens (tertiary/aromatic N) is 1. The minimum absolute atomic E-state index is 0.250. The largest absolute Gasteiger partial charge is 0.397 e. The van der Waals surface area contributed by atoms with Gasteiger partial charge in [-0.3, -0.25) is 4.90 Å². The molecule has 1 saturated heterocycles. The van der Waals surface area contributed by atoms with Crippen LogP contribution in [0.4, 0.5) is 0 Å². The normalized spacial score (nSPS) is 14.1.